The van der Waals surface area contributed by atoms with Gasteiger partial charge in [0, 0.05) is 45.0 Å². The van der Waals surface area contributed by atoms with E-state index in [1.807, 2.05) is 14.1 Å². The predicted octanol–water partition coefficient (Wildman–Crippen LogP) is 9.90. The van der Waals surface area contributed by atoms with Gasteiger partial charge in [0.2, 0.25) is 0 Å². The molecule has 5 aromatic carbocycles. The Hall–Kier alpha value is -4.60. The van der Waals surface area contributed by atoms with Crippen molar-refractivity contribution in [3.8, 4) is 0 Å². The summed E-state index contributed by atoms with van der Waals surface area (Å²) in [5.74, 6) is 0. The Morgan fingerprint density at radius 1 is 0.660 bits per heavy atom. The lowest BCUT2D eigenvalue weighted by molar-refractivity contribution is 0.0805. The molecule has 0 spiro atoms. The molecule has 0 aliphatic heterocycles. The fourth-order valence-corrected chi connectivity index (χ4v) is 6.73. The molecular formula is C44H50N2O. The van der Waals surface area contributed by atoms with Crippen molar-refractivity contribution in [3.05, 3.63) is 165 Å². The largest absolute Gasteiger partial charge is 0.380 e. The average Bonchev–Trinajstić information content (AvgIpc) is 3.05. The minimum absolute atomic E-state index is 0.471. The van der Waals surface area contributed by atoms with Crippen LogP contribution in [-0.2, 0) is 12.0 Å². The van der Waals surface area contributed by atoms with Crippen molar-refractivity contribution in [2.24, 2.45) is 0 Å². The SMILES string of the molecule is CCN(CC)c1ccc(C(=Cc2ccc(CC(O)(c3ccc(N(C)C)cc3)c3ccc(C)cc3C)cc2)c2ccc(C)cc2C)cc1. The molecule has 0 bridgehead atoms. The molecule has 0 aliphatic carbocycles. The lowest BCUT2D eigenvalue weighted by atomic mass is 9.79. The Bertz CT molecular complexity index is 1830. The summed E-state index contributed by atoms with van der Waals surface area (Å²) >= 11 is 0. The van der Waals surface area contributed by atoms with Crippen LogP contribution in [0, 0.1) is 27.7 Å². The van der Waals surface area contributed by atoms with Crippen LogP contribution in [0.5, 0.6) is 0 Å². The normalized spacial score (nSPS) is 12.9. The molecule has 1 unspecified atom stereocenters. The van der Waals surface area contributed by atoms with Gasteiger partial charge in [-0.25, -0.2) is 0 Å². The van der Waals surface area contributed by atoms with Gasteiger partial charge in [0.15, 0.2) is 0 Å². The fraction of sp³-hybridized carbons (Fsp3) is 0.273. The van der Waals surface area contributed by atoms with Crippen LogP contribution in [0.1, 0.15) is 69.5 Å². The highest BCUT2D eigenvalue weighted by molar-refractivity contribution is 5.92. The smallest absolute Gasteiger partial charge is 0.119 e. The second-order valence-corrected chi connectivity index (χ2v) is 13.1. The Balaban J connectivity index is 1.53. The average molecular weight is 623 g/mol. The lowest BCUT2D eigenvalue weighted by Gasteiger charge is -2.32. The van der Waals surface area contributed by atoms with Gasteiger partial charge in [0.05, 0.1) is 0 Å². The third kappa shape index (κ3) is 7.53. The molecule has 3 nitrogen and oxygen atoms in total. The van der Waals surface area contributed by atoms with E-state index >= 15 is 0 Å². The summed E-state index contributed by atoms with van der Waals surface area (Å²) in [5, 5.41) is 12.5. The van der Waals surface area contributed by atoms with E-state index in [1.54, 1.807) is 0 Å². The number of hydrogen-bond acceptors (Lipinski definition) is 3. The van der Waals surface area contributed by atoms with Gasteiger partial charge in [0.25, 0.3) is 0 Å². The van der Waals surface area contributed by atoms with Crippen molar-refractivity contribution in [1.29, 1.82) is 0 Å². The summed E-state index contributed by atoms with van der Waals surface area (Å²) in [4.78, 5) is 4.46. The van der Waals surface area contributed by atoms with Gasteiger partial charge in [-0.15, -0.1) is 0 Å². The Morgan fingerprint density at radius 3 is 1.79 bits per heavy atom. The van der Waals surface area contributed by atoms with E-state index < -0.39 is 5.60 Å². The third-order valence-corrected chi connectivity index (χ3v) is 9.42. The fourth-order valence-electron chi connectivity index (χ4n) is 6.73. The predicted molar refractivity (Wildman–Crippen MR) is 203 cm³/mol. The van der Waals surface area contributed by atoms with E-state index in [2.05, 4.69) is 167 Å². The third-order valence-electron chi connectivity index (χ3n) is 9.42. The summed E-state index contributed by atoms with van der Waals surface area (Å²) in [6.07, 6.45) is 2.77. The first-order valence-corrected chi connectivity index (χ1v) is 16.8. The van der Waals surface area contributed by atoms with Crippen LogP contribution < -0.4 is 9.80 Å². The number of rotatable bonds is 11. The van der Waals surface area contributed by atoms with Crippen LogP contribution >= 0.6 is 0 Å². The van der Waals surface area contributed by atoms with Crippen LogP contribution in [0.4, 0.5) is 11.4 Å². The molecular weight excluding hydrogens is 572 g/mol. The van der Waals surface area contributed by atoms with E-state index in [4.69, 9.17) is 0 Å². The molecule has 0 aliphatic rings. The maximum Gasteiger partial charge on any atom is 0.119 e. The number of hydrogen-bond donors (Lipinski definition) is 1. The zero-order valence-corrected chi connectivity index (χ0v) is 29.4. The first-order valence-electron chi connectivity index (χ1n) is 16.8. The second kappa shape index (κ2) is 14.4. The molecule has 47 heavy (non-hydrogen) atoms. The zero-order chi connectivity index (χ0) is 33.7. The van der Waals surface area contributed by atoms with Crippen LogP contribution in [0.3, 0.4) is 0 Å². The standard InChI is InChI=1S/C44H50N2O/c1-9-46(10-2)40-21-17-37(18-22-40)42(41-25-11-31(3)27-33(41)5)29-35-13-15-36(16-14-35)30-44(47,43-26-12-32(4)28-34(43)6)38-19-23-39(24-20-38)45(7)8/h11-29,47H,9-10,30H2,1-8H3. The molecule has 0 heterocycles. The minimum Gasteiger partial charge on any atom is -0.380 e. The van der Waals surface area contributed by atoms with E-state index in [9.17, 15) is 5.11 Å². The van der Waals surface area contributed by atoms with Crippen LogP contribution in [0.2, 0.25) is 0 Å². The maximum atomic E-state index is 12.5. The number of aliphatic hydroxyl groups is 1. The van der Waals surface area contributed by atoms with Crippen molar-refractivity contribution < 1.29 is 5.11 Å². The topological polar surface area (TPSA) is 26.7 Å². The molecule has 1 N–H and O–H groups in total. The van der Waals surface area contributed by atoms with Gasteiger partial charge in [-0.05, 0) is 122 Å². The Labute approximate surface area is 282 Å². The minimum atomic E-state index is -1.17. The van der Waals surface area contributed by atoms with E-state index in [1.165, 1.54) is 39.1 Å². The highest BCUT2D eigenvalue weighted by Gasteiger charge is 2.33. The highest BCUT2D eigenvalue weighted by Crippen LogP contribution is 2.37. The van der Waals surface area contributed by atoms with Crippen LogP contribution in [-0.4, -0.2) is 32.3 Å². The maximum absolute atomic E-state index is 12.5. The van der Waals surface area contributed by atoms with E-state index in [-0.39, 0.29) is 0 Å². The van der Waals surface area contributed by atoms with Crippen LogP contribution in [0.25, 0.3) is 11.6 Å². The molecule has 0 saturated heterocycles. The van der Waals surface area contributed by atoms with Crippen molar-refractivity contribution in [3.63, 3.8) is 0 Å². The van der Waals surface area contributed by atoms with Gasteiger partial charge in [0.1, 0.15) is 5.60 Å². The van der Waals surface area contributed by atoms with Crippen molar-refractivity contribution in [1.82, 2.24) is 0 Å². The molecule has 3 heteroatoms. The summed E-state index contributed by atoms with van der Waals surface area (Å²) in [7, 11) is 4.07. The molecule has 0 aromatic heterocycles. The molecule has 0 saturated carbocycles. The van der Waals surface area contributed by atoms with Gasteiger partial charge >= 0.3 is 0 Å². The number of benzene rings is 5. The van der Waals surface area contributed by atoms with Crippen molar-refractivity contribution in [2.75, 3.05) is 37.0 Å². The van der Waals surface area contributed by atoms with Gasteiger partial charge in [-0.3, -0.25) is 0 Å². The quantitative estimate of drug-likeness (QED) is 0.149. The summed E-state index contributed by atoms with van der Waals surface area (Å²) in [5.41, 5.74) is 13.7. The Kier molecular flexibility index (Phi) is 10.4. The molecule has 5 rings (SSSR count). The number of anilines is 2. The first-order chi connectivity index (χ1) is 22.5. The summed E-state index contributed by atoms with van der Waals surface area (Å²) in [6, 6.07) is 39.0. The molecule has 0 fully saturated rings. The number of aryl methyl sites for hydroxylation is 4. The molecule has 0 radical (unpaired) electrons. The zero-order valence-electron chi connectivity index (χ0n) is 29.4. The summed E-state index contributed by atoms with van der Waals surface area (Å²) < 4.78 is 0. The van der Waals surface area contributed by atoms with Gasteiger partial charge in [-0.1, -0.05) is 96.1 Å². The van der Waals surface area contributed by atoms with Crippen LogP contribution in [0.15, 0.2) is 109 Å². The van der Waals surface area contributed by atoms with Crippen molar-refractivity contribution >= 4 is 23.0 Å². The highest BCUT2D eigenvalue weighted by atomic mass is 16.3. The van der Waals surface area contributed by atoms with Gasteiger partial charge in [-0.2, -0.15) is 0 Å². The molecule has 242 valence electrons. The number of nitrogens with zero attached hydrogens (tertiary/aromatic N) is 2. The van der Waals surface area contributed by atoms with E-state index in [0.29, 0.717) is 6.42 Å². The summed E-state index contributed by atoms with van der Waals surface area (Å²) in [6.45, 7) is 14.9. The molecule has 0 amide bonds. The van der Waals surface area contributed by atoms with Crippen molar-refractivity contribution in [2.45, 2.75) is 53.6 Å². The Morgan fingerprint density at radius 2 is 1.23 bits per heavy atom. The van der Waals surface area contributed by atoms with E-state index in [0.717, 1.165) is 46.6 Å². The molecule has 5 aromatic rings. The monoisotopic (exact) mass is 622 g/mol. The van der Waals surface area contributed by atoms with Gasteiger partial charge < -0.3 is 14.9 Å². The lowest BCUT2D eigenvalue weighted by Crippen LogP contribution is -2.31. The molecule has 1 atom stereocenters. The second-order valence-electron chi connectivity index (χ2n) is 13.1. The first kappa shape index (κ1) is 33.8.